The van der Waals surface area contributed by atoms with E-state index in [1.54, 1.807) is 13.2 Å². The maximum atomic E-state index is 10.2. The zero-order chi connectivity index (χ0) is 16.2. The minimum atomic E-state index is 0.00568. The maximum Gasteiger partial charge on any atom is 0.120 e. The van der Waals surface area contributed by atoms with Crippen molar-refractivity contribution in [3.8, 4) is 11.5 Å². The van der Waals surface area contributed by atoms with Gasteiger partial charge < -0.3 is 15.2 Å². The Morgan fingerprint density at radius 3 is 2.45 bits per heavy atom. The SMILES string of the molecule is COc1cccc(CNCc2c(O)cccc2C(C)(C)C)c1. The molecule has 0 heterocycles. The van der Waals surface area contributed by atoms with Crippen LogP contribution in [0.1, 0.15) is 37.5 Å². The van der Waals surface area contributed by atoms with Crippen LogP contribution >= 0.6 is 0 Å². The number of benzene rings is 2. The third-order valence-electron chi connectivity index (χ3n) is 3.72. The number of nitrogens with one attached hydrogen (secondary N) is 1. The summed E-state index contributed by atoms with van der Waals surface area (Å²) in [7, 11) is 1.67. The fourth-order valence-corrected chi connectivity index (χ4v) is 2.58. The lowest BCUT2D eigenvalue weighted by Gasteiger charge is -2.24. The van der Waals surface area contributed by atoms with Gasteiger partial charge in [0.2, 0.25) is 0 Å². The minimum absolute atomic E-state index is 0.00568. The van der Waals surface area contributed by atoms with Crippen molar-refractivity contribution >= 4 is 0 Å². The highest BCUT2D eigenvalue weighted by Crippen LogP contribution is 2.31. The van der Waals surface area contributed by atoms with E-state index in [1.165, 1.54) is 5.56 Å². The van der Waals surface area contributed by atoms with Crippen LogP contribution in [0.25, 0.3) is 0 Å². The maximum absolute atomic E-state index is 10.2. The zero-order valence-corrected chi connectivity index (χ0v) is 13.8. The van der Waals surface area contributed by atoms with E-state index in [4.69, 9.17) is 4.74 Å². The molecule has 0 bridgehead atoms. The van der Waals surface area contributed by atoms with Crippen molar-refractivity contribution in [3.05, 3.63) is 59.2 Å². The van der Waals surface area contributed by atoms with E-state index in [2.05, 4.69) is 38.2 Å². The fraction of sp³-hybridized carbons (Fsp3) is 0.368. The fourth-order valence-electron chi connectivity index (χ4n) is 2.58. The van der Waals surface area contributed by atoms with Gasteiger partial charge in [0.05, 0.1) is 7.11 Å². The number of methoxy groups -OCH3 is 1. The first-order chi connectivity index (χ1) is 10.4. The van der Waals surface area contributed by atoms with Gasteiger partial charge in [0.1, 0.15) is 11.5 Å². The van der Waals surface area contributed by atoms with Crippen LogP contribution in [0, 0.1) is 0 Å². The third kappa shape index (κ3) is 4.01. The largest absolute Gasteiger partial charge is 0.508 e. The van der Waals surface area contributed by atoms with Crippen LogP contribution in [-0.4, -0.2) is 12.2 Å². The van der Waals surface area contributed by atoms with Gasteiger partial charge in [0.15, 0.2) is 0 Å². The smallest absolute Gasteiger partial charge is 0.120 e. The van der Waals surface area contributed by atoms with Gasteiger partial charge in [-0.25, -0.2) is 0 Å². The van der Waals surface area contributed by atoms with Crippen LogP contribution in [0.4, 0.5) is 0 Å². The summed E-state index contributed by atoms with van der Waals surface area (Å²) >= 11 is 0. The van der Waals surface area contributed by atoms with Gasteiger partial charge in [0, 0.05) is 18.7 Å². The van der Waals surface area contributed by atoms with E-state index < -0.39 is 0 Å². The Bertz CT molecular complexity index is 630. The summed E-state index contributed by atoms with van der Waals surface area (Å²) in [6.45, 7) is 7.85. The molecule has 2 rings (SSSR count). The Hall–Kier alpha value is -2.00. The van der Waals surface area contributed by atoms with E-state index >= 15 is 0 Å². The Kier molecular flexibility index (Phi) is 5.09. The molecule has 0 fully saturated rings. The van der Waals surface area contributed by atoms with Crippen molar-refractivity contribution < 1.29 is 9.84 Å². The van der Waals surface area contributed by atoms with Crippen molar-refractivity contribution in [1.82, 2.24) is 5.32 Å². The highest BCUT2D eigenvalue weighted by molar-refractivity contribution is 5.42. The van der Waals surface area contributed by atoms with Gasteiger partial charge in [-0.2, -0.15) is 0 Å². The molecular formula is C19H25NO2. The van der Waals surface area contributed by atoms with Gasteiger partial charge >= 0.3 is 0 Å². The topological polar surface area (TPSA) is 41.5 Å². The van der Waals surface area contributed by atoms with Gasteiger partial charge in [-0.15, -0.1) is 0 Å². The first-order valence-corrected chi connectivity index (χ1v) is 7.57. The van der Waals surface area contributed by atoms with Crippen molar-refractivity contribution in [3.63, 3.8) is 0 Å². The van der Waals surface area contributed by atoms with E-state index in [0.717, 1.165) is 23.4 Å². The van der Waals surface area contributed by atoms with Crippen molar-refractivity contribution in [2.24, 2.45) is 0 Å². The molecule has 0 atom stereocenters. The molecule has 0 aliphatic heterocycles. The molecule has 22 heavy (non-hydrogen) atoms. The number of aromatic hydroxyl groups is 1. The molecule has 0 aromatic heterocycles. The summed E-state index contributed by atoms with van der Waals surface area (Å²) in [5, 5.41) is 13.6. The molecule has 0 spiro atoms. The van der Waals surface area contributed by atoms with Gasteiger partial charge in [-0.05, 0) is 34.7 Å². The van der Waals surface area contributed by atoms with Crippen LogP contribution in [0.3, 0.4) is 0 Å². The van der Waals surface area contributed by atoms with Gasteiger partial charge in [0.25, 0.3) is 0 Å². The summed E-state index contributed by atoms with van der Waals surface area (Å²) < 4.78 is 5.23. The summed E-state index contributed by atoms with van der Waals surface area (Å²) in [6, 6.07) is 13.7. The van der Waals surface area contributed by atoms with Crippen LogP contribution in [0.15, 0.2) is 42.5 Å². The van der Waals surface area contributed by atoms with E-state index in [0.29, 0.717) is 12.3 Å². The van der Waals surface area contributed by atoms with Crippen molar-refractivity contribution in [1.29, 1.82) is 0 Å². The second kappa shape index (κ2) is 6.84. The standard InChI is InChI=1S/C19H25NO2/c1-19(2,3)17-9-6-10-18(21)16(17)13-20-12-14-7-5-8-15(11-14)22-4/h5-11,20-21H,12-13H2,1-4H3. The molecule has 0 aliphatic rings. The third-order valence-corrected chi connectivity index (χ3v) is 3.72. The van der Waals surface area contributed by atoms with Crippen LogP contribution < -0.4 is 10.1 Å². The molecule has 0 saturated heterocycles. The lowest BCUT2D eigenvalue weighted by molar-refractivity contribution is 0.414. The molecule has 0 unspecified atom stereocenters. The molecule has 2 aromatic carbocycles. The lowest BCUT2D eigenvalue weighted by atomic mass is 9.83. The molecule has 3 heteroatoms. The first kappa shape index (κ1) is 16.4. The van der Waals surface area contributed by atoms with E-state index in [-0.39, 0.29) is 5.41 Å². The Balaban J connectivity index is 2.08. The van der Waals surface area contributed by atoms with Gasteiger partial charge in [-0.1, -0.05) is 45.0 Å². The predicted molar refractivity (Wildman–Crippen MR) is 90.3 cm³/mol. The highest BCUT2D eigenvalue weighted by atomic mass is 16.5. The highest BCUT2D eigenvalue weighted by Gasteiger charge is 2.19. The monoisotopic (exact) mass is 299 g/mol. The van der Waals surface area contributed by atoms with Crippen LogP contribution in [0.2, 0.25) is 0 Å². The normalized spacial score (nSPS) is 11.5. The number of hydrogen-bond acceptors (Lipinski definition) is 3. The van der Waals surface area contributed by atoms with Gasteiger partial charge in [-0.3, -0.25) is 0 Å². The second-order valence-corrected chi connectivity index (χ2v) is 6.51. The first-order valence-electron chi connectivity index (χ1n) is 7.57. The summed E-state index contributed by atoms with van der Waals surface area (Å²) in [4.78, 5) is 0. The lowest BCUT2D eigenvalue weighted by Crippen LogP contribution is -2.19. The number of ether oxygens (including phenoxy) is 1. The Morgan fingerprint density at radius 2 is 1.77 bits per heavy atom. The molecule has 0 aliphatic carbocycles. The second-order valence-electron chi connectivity index (χ2n) is 6.51. The number of hydrogen-bond donors (Lipinski definition) is 2. The molecule has 0 amide bonds. The van der Waals surface area contributed by atoms with Crippen molar-refractivity contribution in [2.75, 3.05) is 7.11 Å². The molecule has 0 saturated carbocycles. The Labute approximate surface area is 133 Å². The van der Waals surface area contributed by atoms with Crippen molar-refractivity contribution in [2.45, 2.75) is 39.3 Å². The number of phenols is 1. The zero-order valence-electron chi connectivity index (χ0n) is 13.8. The average Bonchev–Trinajstić information content (AvgIpc) is 2.48. The summed E-state index contributed by atoms with van der Waals surface area (Å²) in [5.41, 5.74) is 3.31. The molecular weight excluding hydrogens is 274 g/mol. The minimum Gasteiger partial charge on any atom is -0.508 e. The summed E-state index contributed by atoms with van der Waals surface area (Å²) in [6.07, 6.45) is 0. The van der Waals surface area contributed by atoms with E-state index in [1.807, 2.05) is 24.3 Å². The average molecular weight is 299 g/mol. The summed E-state index contributed by atoms with van der Waals surface area (Å²) in [5.74, 6) is 1.21. The predicted octanol–water partition coefficient (Wildman–Crippen LogP) is 3.99. The Morgan fingerprint density at radius 1 is 1.05 bits per heavy atom. The van der Waals surface area contributed by atoms with Crippen LogP contribution in [-0.2, 0) is 18.5 Å². The molecule has 118 valence electrons. The molecule has 3 nitrogen and oxygen atoms in total. The molecule has 2 N–H and O–H groups in total. The number of phenolic OH excluding ortho intramolecular Hbond substituents is 1. The molecule has 2 aromatic rings. The number of rotatable bonds is 5. The van der Waals surface area contributed by atoms with Crippen LogP contribution in [0.5, 0.6) is 11.5 Å². The quantitative estimate of drug-likeness (QED) is 0.877. The molecule has 0 radical (unpaired) electrons. The van der Waals surface area contributed by atoms with E-state index in [9.17, 15) is 5.11 Å².